The lowest BCUT2D eigenvalue weighted by atomic mass is 10.2. The molecule has 0 radical (unpaired) electrons. The summed E-state index contributed by atoms with van der Waals surface area (Å²) >= 11 is -1.40. The molecule has 0 saturated carbocycles. The van der Waals surface area contributed by atoms with Crippen LogP contribution in [0, 0.1) is 18.8 Å². The first-order valence-corrected chi connectivity index (χ1v) is 5.33. The molecule has 0 heterocycles. The van der Waals surface area contributed by atoms with E-state index in [2.05, 4.69) is 11.8 Å². The Balaban J connectivity index is 2.59. The summed E-state index contributed by atoms with van der Waals surface area (Å²) in [6, 6.07) is 7.40. The molecule has 0 saturated heterocycles. The van der Waals surface area contributed by atoms with Crippen LogP contribution in [0.4, 0.5) is 0 Å². The normalized spacial score (nSPS) is 11.6. The molecule has 1 unspecified atom stereocenters. The van der Waals surface area contributed by atoms with Crippen LogP contribution in [-0.4, -0.2) is 10.8 Å². The first-order valence-electron chi connectivity index (χ1n) is 4.25. The molecule has 0 fully saturated rings. The molecule has 14 heavy (non-hydrogen) atoms. The van der Waals surface area contributed by atoms with Crippen molar-refractivity contribution in [2.45, 2.75) is 18.7 Å². The summed E-state index contributed by atoms with van der Waals surface area (Å²) in [4.78, 5) is 0.675. The Morgan fingerprint density at radius 2 is 2.00 bits per heavy atom. The van der Waals surface area contributed by atoms with E-state index in [0.29, 0.717) is 4.90 Å². The zero-order valence-corrected chi connectivity index (χ0v) is 9.06. The largest absolute Gasteiger partial charge is 0.274 e. The Morgan fingerprint density at radius 1 is 1.36 bits per heavy atom. The van der Waals surface area contributed by atoms with Crippen molar-refractivity contribution in [2.75, 3.05) is 6.61 Å². The third-order valence-corrected chi connectivity index (χ3v) is 2.62. The van der Waals surface area contributed by atoms with Gasteiger partial charge in [-0.05, 0) is 26.0 Å². The Morgan fingerprint density at radius 3 is 2.57 bits per heavy atom. The van der Waals surface area contributed by atoms with Gasteiger partial charge in [0.25, 0.3) is 0 Å². The van der Waals surface area contributed by atoms with Gasteiger partial charge in [-0.3, -0.25) is 4.18 Å². The molecule has 1 aromatic rings. The minimum atomic E-state index is -1.40. The standard InChI is InChI=1S/C11H12O2S/c1-3-4-9-13-14(12)11-7-5-10(2)6-8-11/h5-8H,9H2,1-2H3. The number of benzene rings is 1. The summed E-state index contributed by atoms with van der Waals surface area (Å²) in [6.45, 7) is 3.91. The lowest BCUT2D eigenvalue weighted by molar-refractivity contribution is 0.402. The predicted molar refractivity (Wildman–Crippen MR) is 57.0 cm³/mol. The van der Waals surface area contributed by atoms with Gasteiger partial charge < -0.3 is 0 Å². The van der Waals surface area contributed by atoms with E-state index < -0.39 is 11.1 Å². The first-order chi connectivity index (χ1) is 6.74. The lowest BCUT2D eigenvalue weighted by Gasteiger charge is -2.00. The van der Waals surface area contributed by atoms with Gasteiger partial charge in [-0.25, -0.2) is 4.21 Å². The Kier molecular flexibility index (Phi) is 4.37. The maximum Gasteiger partial charge on any atom is 0.190 e. The van der Waals surface area contributed by atoms with Crippen LogP contribution in [0.3, 0.4) is 0 Å². The van der Waals surface area contributed by atoms with Gasteiger partial charge in [0.1, 0.15) is 6.61 Å². The molecular weight excluding hydrogens is 196 g/mol. The average Bonchev–Trinajstić information content (AvgIpc) is 2.19. The molecule has 3 heteroatoms. The summed E-state index contributed by atoms with van der Waals surface area (Å²) < 4.78 is 16.5. The molecule has 0 aromatic heterocycles. The van der Waals surface area contributed by atoms with Crippen molar-refractivity contribution in [3.8, 4) is 11.8 Å². The monoisotopic (exact) mass is 208 g/mol. The van der Waals surface area contributed by atoms with Gasteiger partial charge in [0.15, 0.2) is 11.1 Å². The van der Waals surface area contributed by atoms with Crippen LogP contribution in [0.1, 0.15) is 12.5 Å². The molecule has 0 aliphatic carbocycles. The minimum Gasteiger partial charge on any atom is -0.274 e. The quantitative estimate of drug-likeness (QED) is 0.711. The highest BCUT2D eigenvalue weighted by Gasteiger charge is 2.02. The highest BCUT2D eigenvalue weighted by molar-refractivity contribution is 7.80. The van der Waals surface area contributed by atoms with Crippen LogP contribution in [-0.2, 0) is 15.3 Å². The highest BCUT2D eigenvalue weighted by Crippen LogP contribution is 2.08. The van der Waals surface area contributed by atoms with E-state index in [1.807, 2.05) is 19.1 Å². The maximum atomic E-state index is 11.5. The minimum absolute atomic E-state index is 0.205. The molecule has 0 spiro atoms. The van der Waals surface area contributed by atoms with Gasteiger partial charge >= 0.3 is 0 Å². The van der Waals surface area contributed by atoms with E-state index in [4.69, 9.17) is 4.18 Å². The molecule has 0 aliphatic rings. The fourth-order valence-electron chi connectivity index (χ4n) is 0.873. The number of hydrogen-bond donors (Lipinski definition) is 0. The molecule has 0 amide bonds. The van der Waals surface area contributed by atoms with E-state index in [1.165, 1.54) is 0 Å². The van der Waals surface area contributed by atoms with Crippen molar-refractivity contribution < 1.29 is 8.39 Å². The zero-order valence-electron chi connectivity index (χ0n) is 8.24. The van der Waals surface area contributed by atoms with Gasteiger partial charge in [-0.1, -0.05) is 23.6 Å². The van der Waals surface area contributed by atoms with Crippen molar-refractivity contribution in [3.05, 3.63) is 29.8 Å². The topological polar surface area (TPSA) is 26.3 Å². The third-order valence-electron chi connectivity index (χ3n) is 1.63. The van der Waals surface area contributed by atoms with Crippen LogP contribution in [0.25, 0.3) is 0 Å². The lowest BCUT2D eigenvalue weighted by Crippen LogP contribution is -1.98. The summed E-state index contributed by atoms with van der Waals surface area (Å²) in [7, 11) is 0. The number of aryl methyl sites for hydroxylation is 1. The van der Waals surface area contributed by atoms with Crippen LogP contribution in [0.15, 0.2) is 29.2 Å². The molecule has 74 valence electrons. The Labute approximate surface area is 87.0 Å². The molecular formula is C11H12O2S. The molecule has 0 aliphatic heterocycles. The SMILES string of the molecule is CC#CCOS(=O)c1ccc(C)cc1. The van der Waals surface area contributed by atoms with Crippen molar-refractivity contribution in [1.29, 1.82) is 0 Å². The molecule has 1 rings (SSSR count). The molecule has 1 aromatic carbocycles. The van der Waals surface area contributed by atoms with Crippen molar-refractivity contribution in [3.63, 3.8) is 0 Å². The fourth-order valence-corrected chi connectivity index (χ4v) is 1.53. The van der Waals surface area contributed by atoms with Crippen LogP contribution in [0.5, 0.6) is 0 Å². The molecule has 1 atom stereocenters. The third kappa shape index (κ3) is 3.33. The Bertz CT molecular complexity index is 371. The van der Waals surface area contributed by atoms with Crippen molar-refractivity contribution in [1.82, 2.24) is 0 Å². The van der Waals surface area contributed by atoms with Crippen LogP contribution in [0.2, 0.25) is 0 Å². The second kappa shape index (κ2) is 5.58. The van der Waals surface area contributed by atoms with Crippen molar-refractivity contribution in [2.24, 2.45) is 0 Å². The number of hydrogen-bond acceptors (Lipinski definition) is 2. The second-order valence-electron chi connectivity index (χ2n) is 2.74. The molecule has 2 nitrogen and oxygen atoms in total. The van der Waals surface area contributed by atoms with E-state index in [1.54, 1.807) is 19.1 Å². The van der Waals surface area contributed by atoms with E-state index in [0.717, 1.165) is 5.56 Å². The van der Waals surface area contributed by atoms with Crippen molar-refractivity contribution >= 4 is 11.1 Å². The fraction of sp³-hybridized carbons (Fsp3) is 0.273. The van der Waals surface area contributed by atoms with Gasteiger partial charge in [0.05, 0.1) is 4.90 Å². The maximum absolute atomic E-state index is 11.5. The average molecular weight is 208 g/mol. The Hall–Kier alpha value is -1.11. The summed E-state index contributed by atoms with van der Waals surface area (Å²) in [6.07, 6.45) is 0. The zero-order chi connectivity index (χ0) is 10.4. The highest BCUT2D eigenvalue weighted by atomic mass is 32.2. The smallest absolute Gasteiger partial charge is 0.190 e. The van der Waals surface area contributed by atoms with Crippen LogP contribution >= 0.6 is 0 Å². The van der Waals surface area contributed by atoms with E-state index >= 15 is 0 Å². The molecule has 0 N–H and O–H groups in total. The van der Waals surface area contributed by atoms with E-state index in [9.17, 15) is 4.21 Å². The first kappa shape index (κ1) is 11.0. The summed E-state index contributed by atoms with van der Waals surface area (Å²) in [5.41, 5.74) is 1.14. The van der Waals surface area contributed by atoms with Gasteiger partial charge in [0, 0.05) is 0 Å². The van der Waals surface area contributed by atoms with Gasteiger partial charge in [0.2, 0.25) is 0 Å². The summed E-state index contributed by atoms with van der Waals surface area (Å²) in [5.74, 6) is 5.37. The van der Waals surface area contributed by atoms with E-state index in [-0.39, 0.29) is 6.61 Å². The second-order valence-corrected chi connectivity index (χ2v) is 3.91. The van der Waals surface area contributed by atoms with Crippen LogP contribution < -0.4 is 0 Å². The summed E-state index contributed by atoms with van der Waals surface area (Å²) in [5, 5.41) is 0. The number of rotatable bonds is 3. The van der Waals surface area contributed by atoms with Gasteiger partial charge in [-0.15, -0.1) is 5.92 Å². The van der Waals surface area contributed by atoms with Gasteiger partial charge in [-0.2, -0.15) is 0 Å². The predicted octanol–water partition coefficient (Wildman–Crippen LogP) is 2.06. The molecule has 0 bridgehead atoms.